The zero-order valence-electron chi connectivity index (χ0n) is 9.94. The lowest BCUT2D eigenvalue weighted by Crippen LogP contribution is -2.36. The van der Waals surface area contributed by atoms with E-state index >= 15 is 0 Å². The molecule has 5 nitrogen and oxygen atoms in total. The van der Waals surface area contributed by atoms with E-state index < -0.39 is 10.0 Å². The van der Waals surface area contributed by atoms with Crippen LogP contribution in [0.3, 0.4) is 0 Å². The number of methoxy groups -OCH3 is 1. The summed E-state index contributed by atoms with van der Waals surface area (Å²) in [6.07, 6.45) is 0.816. The molecule has 1 fully saturated rings. The summed E-state index contributed by atoms with van der Waals surface area (Å²) in [6.45, 7) is 1.52. The van der Waals surface area contributed by atoms with Crippen LogP contribution < -0.4 is 14.8 Å². The van der Waals surface area contributed by atoms with Crippen LogP contribution in [-0.4, -0.2) is 34.7 Å². The quantitative estimate of drug-likeness (QED) is 0.865. The molecule has 1 atom stereocenters. The average molecular weight is 335 g/mol. The van der Waals surface area contributed by atoms with Crippen LogP contribution in [0.5, 0.6) is 5.75 Å². The van der Waals surface area contributed by atoms with Gasteiger partial charge >= 0.3 is 0 Å². The molecule has 0 unspecified atom stereocenters. The van der Waals surface area contributed by atoms with Crippen molar-refractivity contribution in [2.45, 2.75) is 17.4 Å². The molecule has 2 N–H and O–H groups in total. The minimum Gasteiger partial charge on any atom is -0.496 e. The van der Waals surface area contributed by atoms with Crippen molar-refractivity contribution in [1.29, 1.82) is 0 Å². The maximum atomic E-state index is 12.1. The van der Waals surface area contributed by atoms with Gasteiger partial charge < -0.3 is 10.1 Å². The molecule has 2 rings (SSSR count). The van der Waals surface area contributed by atoms with Crippen LogP contribution in [0.1, 0.15) is 6.42 Å². The van der Waals surface area contributed by atoms with Crippen LogP contribution in [-0.2, 0) is 10.0 Å². The predicted octanol–water partition coefficient (Wildman–Crippen LogP) is 1.10. The van der Waals surface area contributed by atoms with Crippen LogP contribution >= 0.6 is 15.9 Å². The van der Waals surface area contributed by atoms with Gasteiger partial charge in [-0.3, -0.25) is 0 Å². The molecule has 1 heterocycles. The second kappa shape index (κ2) is 5.56. The molecule has 1 aromatic carbocycles. The Bertz CT molecular complexity index is 527. The standard InChI is InChI=1S/C11H15BrN2O3S/c1-17-11-3-2-9(6-10(11)12)18(15,16)14-8-4-5-13-7-8/h2-3,6,8,13-14H,4-5,7H2,1H3/t8-/m0/s1. The topological polar surface area (TPSA) is 67.4 Å². The first-order chi connectivity index (χ1) is 8.53. The highest BCUT2D eigenvalue weighted by Crippen LogP contribution is 2.27. The van der Waals surface area contributed by atoms with Gasteiger partial charge in [-0.1, -0.05) is 0 Å². The molecular weight excluding hydrogens is 320 g/mol. The first-order valence-corrected chi connectivity index (χ1v) is 7.87. The van der Waals surface area contributed by atoms with Crippen molar-refractivity contribution in [3.63, 3.8) is 0 Å². The predicted molar refractivity (Wildman–Crippen MR) is 72.3 cm³/mol. The minimum atomic E-state index is -3.47. The summed E-state index contributed by atoms with van der Waals surface area (Å²) in [7, 11) is -1.93. The van der Waals surface area contributed by atoms with Crippen molar-refractivity contribution in [1.82, 2.24) is 10.0 Å². The smallest absolute Gasteiger partial charge is 0.240 e. The molecular formula is C11H15BrN2O3S. The summed E-state index contributed by atoms with van der Waals surface area (Å²) in [4.78, 5) is 0.238. The summed E-state index contributed by atoms with van der Waals surface area (Å²) in [5.74, 6) is 0.608. The zero-order valence-corrected chi connectivity index (χ0v) is 12.3. The Balaban J connectivity index is 2.21. The van der Waals surface area contributed by atoms with E-state index in [-0.39, 0.29) is 10.9 Å². The summed E-state index contributed by atoms with van der Waals surface area (Å²) < 4.78 is 32.7. The molecule has 0 saturated carbocycles. The van der Waals surface area contributed by atoms with Crippen molar-refractivity contribution in [2.24, 2.45) is 0 Å². The van der Waals surface area contributed by atoms with Crippen molar-refractivity contribution >= 4 is 26.0 Å². The number of sulfonamides is 1. The van der Waals surface area contributed by atoms with Gasteiger partial charge in [0.2, 0.25) is 10.0 Å². The Kier molecular flexibility index (Phi) is 4.26. The van der Waals surface area contributed by atoms with Crippen LogP contribution in [0, 0.1) is 0 Å². The molecule has 100 valence electrons. The zero-order chi connectivity index (χ0) is 13.2. The number of rotatable bonds is 4. The number of halogens is 1. The summed E-state index contributed by atoms with van der Waals surface area (Å²) in [5.41, 5.74) is 0. The molecule has 1 aromatic rings. The van der Waals surface area contributed by atoms with Crippen molar-refractivity contribution in [3.05, 3.63) is 22.7 Å². The van der Waals surface area contributed by atoms with Crippen molar-refractivity contribution in [3.8, 4) is 5.75 Å². The first-order valence-electron chi connectivity index (χ1n) is 5.59. The fourth-order valence-corrected chi connectivity index (χ4v) is 3.85. The molecule has 1 aliphatic rings. The number of hydrogen-bond acceptors (Lipinski definition) is 4. The number of hydrogen-bond donors (Lipinski definition) is 2. The molecule has 0 aromatic heterocycles. The fourth-order valence-electron chi connectivity index (χ4n) is 1.86. The lowest BCUT2D eigenvalue weighted by Gasteiger charge is -2.13. The van der Waals surface area contributed by atoms with E-state index in [1.165, 1.54) is 13.2 Å². The monoisotopic (exact) mass is 334 g/mol. The average Bonchev–Trinajstić information content (AvgIpc) is 2.81. The number of benzene rings is 1. The van der Waals surface area contributed by atoms with Gasteiger partial charge in [-0.05, 0) is 47.1 Å². The Morgan fingerprint density at radius 2 is 2.28 bits per heavy atom. The fraction of sp³-hybridized carbons (Fsp3) is 0.455. The lowest BCUT2D eigenvalue weighted by atomic mass is 10.3. The SMILES string of the molecule is COc1ccc(S(=O)(=O)N[C@H]2CCNC2)cc1Br. The normalized spacial score (nSPS) is 20.0. The van der Waals surface area contributed by atoms with E-state index in [0.29, 0.717) is 16.8 Å². The third-order valence-corrected chi connectivity index (χ3v) is 4.95. The van der Waals surface area contributed by atoms with Crippen LogP contribution in [0.25, 0.3) is 0 Å². The van der Waals surface area contributed by atoms with E-state index in [1.807, 2.05) is 0 Å². The van der Waals surface area contributed by atoms with E-state index in [9.17, 15) is 8.42 Å². The molecule has 7 heteroatoms. The highest BCUT2D eigenvalue weighted by atomic mass is 79.9. The first kappa shape index (κ1) is 13.8. The largest absolute Gasteiger partial charge is 0.496 e. The van der Waals surface area contributed by atoms with Crippen LogP contribution in [0.2, 0.25) is 0 Å². The van der Waals surface area contributed by atoms with Gasteiger partial charge in [-0.25, -0.2) is 13.1 Å². The van der Waals surface area contributed by atoms with Crippen LogP contribution in [0.4, 0.5) is 0 Å². The number of ether oxygens (including phenoxy) is 1. The van der Waals surface area contributed by atoms with Gasteiger partial charge in [0.25, 0.3) is 0 Å². The lowest BCUT2D eigenvalue weighted by molar-refractivity contribution is 0.411. The summed E-state index contributed by atoms with van der Waals surface area (Å²) >= 11 is 3.28. The van der Waals surface area contributed by atoms with Crippen LogP contribution in [0.15, 0.2) is 27.6 Å². The summed E-state index contributed by atoms with van der Waals surface area (Å²) in [5, 5.41) is 3.12. The molecule has 0 spiro atoms. The van der Waals surface area contributed by atoms with E-state index in [4.69, 9.17) is 4.74 Å². The Morgan fingerprint density at radius 3 is 2.83 bits per heavy atom. The molecule has 1 aliphatic heterocycles. The molecule has 1 saturated heterocycles. The second-order valence-electron chi connectivity index (χ2n) is 4.11. The molecule has 0 radical (unpaired) electrons. The third-order valence-electron chi connectivity index (χ3n) is 2.82. The molecule has 0 aliphatic carbocycles. The molecule has 0 bridgehead atoms. The van der Waals surface area contributed by atoms with E-state index in [0.717, 1.165) is 13.0 Å². The van der Waals surface area contributed by atoms with Gasteiger partial charge in [-0.2, -0.15) is 0 Å². The van der Waals surface area contributed by atoms with Gasteiger partial charge in [0.15, 0.2) is 0 Å². The Morgan fingerprint density at radius 1 is 1.50 bits per heavy atom. The van der Waals surface area contributed by atoms with Gasteiger partial charge in [0.1, 0.15) is 5.75 Å². The maximum absolute atomic E-state index is 12.1. The third kappa shape index (κ3) is 3.03. The minimum absolute atomic E-state index is 0.0316. The van der Waals surface area contributed by atoms with E-state index in [2.05, 4.69) is 26.0 Å². The summed E-state index contributed by atoms with van der Waals surface area (Å²) in [6, 6.07) is 4.68. The highest BCUT2D eigenvalue weighted by molar-refractivity contribution is 9.10. The molecule has 18 heavy (non-hydrogen) atoms. The second-order valence-corrected chi connectivity index (χ2v) is 6.68. The molecule has 0 amide bonds. The van der Waals surface area contributed by atoms with Crippen molar-refractivity contribution in [2.75, 3.05) is 20.2 Å². The number of nitrogens with one attached hydrogen (secondary N) is 2. The van der Waals surface area contributed by atoms with Gasteiger partial charge in [-0.15, -0.1) is 0 Å². The van der Waals surface area contributed by atoms with Crippen molar-refractivity contribution < 1.29 is 13.2 Å². The highest BCUT2D eigenvalue weighted by Gasteiger charge is 2.23. The van der Waals surface area contributed by atoms with E-state index in [1.54, 1.807) is 12.1 Å². The Hall–Kier alpha value is -0.630. The Labute approximate surface area is 115 Å². The van der Waals surface area contributed by atoms with Gasteiger partial charge in [0.05, 0.1) is 16.5 Å². The maximum Gasteiger partial charge on any atom is 0.240 e. The van der Waals surface area contributed by atoms with Gasteiger partial charge in [0, 0.05) is 12.6 Å².